The maximum Gasteiger partial charge on any atom is 0.319 e. The fourth-order valence-corrected chi connectivity index (χ4v) is 4.56. The van der Waals surface area contributed by atoms with Crippen molar-refractivity contribution in [3.05, 3.63) is 0 Å². The minimum absolute atomic E-state index is 0.418. The van der Waals surface area contributed by atoms with Crippen LogP contribution in [0.15, 0.2) is 0 Å². The summed E-state index contributed by atoms with van der Waals surface area (Å²) in [5, 5.41) is 4.92. The minimum atomic E-state index is 0.418. The molecule has 1 atom stereocenters. The summed E-state index contributed by atoms with van der Waals surface area (Å²) in [6.07, 6.45) is 1.26. The summed E-state index contributed by atoms with van der Waals surface area (Å²) in [5.41, 5.74) is 0.418. The summed E-state index contributed by atoms with van der Waals surface area (Å²) in [7, 11) is 10.2. The summed E-state index contributed by atoms with van der Waals surface area (Å²) in [4.78, 5) is 4.63. The predicted molar refractivity (Wildman–Crippen MR) is 72.9 cm³/mol. The Morgan fingerprint density at radius 3 is 2.88 bits per heavy atom. The highest BCUT2D eigenvalue weighted by Gasteiger charge is 2.32. The van der Waals surface area contributed by atoms with Gasteiger partial charge in [0, 0.05) is 23.9 Å². The van der Waals surface area contributed by atoms with Gasteiger partial charge in [-0.25, -0.2) is 5.32 Å². The third-order valence-electron chi connectivity index (χ3n) is 2.94. The molecule has 0 aromatic heterocycles. The molecule has 2 aliphatic rings. The van der Waals surface area contributed by atoms with Crippen molar-refractivity contribution in [1.82, 2.24) is 15.1 Å². The van der Waals surface area contributed by atoms with Gasteiger partial charge >= 0.3 is 5.17 Å². The van der Waals surface area contributed by atoms with Gasteiger partial charge in [0.2, 0.25) is 5.50 Å². The van der Waals surface area contributed by atoms with Crippen LogP contribution in [0.2, 0.25) is 0 Å². The van der Waals surface area contributed by atoms with E-state index in [2.05, 4.69) is 40.8 Å². The summed E-state index contributed by atoms with van der Waals surface area (Å²) >= 11 is 0. The second kappa shape index (κ2) is 5.62. The van der Waals surface area contributed by atoms with Gasteiger partial charge in [0.15, 0.2) is 0 Å². The van der Waals surface area contributed by atoms with E-state index in [1.165, 1.54) is 31.2 Å². The van der Waals surface area contributed by atoms with Gasteiger partial charge in [-0.15, -0.1) is 0 Å². The molecule has 2 fully saturated rings. The lowest BCUT2D eigenvalue weighted by Gasteiger charge is -2.13. The molecule has 4 nitrogen and oxygen atoms in total. The monoisotopic (exact) mass is 261 g/mol. The SMILES string of the molecule is CN1CCC[N+](=C2NC(N(C)C)SS2)CC1. The average Bonchev–Trinajstić information content (AvgIpc) is 2.63. The van der Waals surface area contributed by atoms with Crippen molar-refractivity contribution in [2.45, 2.75) is 11.9 Å². The Hall–Kier alpha value is 0.0900. The molecule has 2 heterocycles. The van der Waals surface area contributed by atoms with Crippen molar-refractivity contribution in [1.29, 1.82) is 0 Å². The minimum Gasteiger partial charge on any atom is -0.302 e. The Morgan fingerprint density at radius 2 is 2.19 bits per heavy atom. The number of amidine groups is 1. The first-order chi connectivity index (χ1) is 7.66. The molecule has 92 valence electrons. The summed E-state index contributed by atoms with van der Waals surface area (Å²) in [5.74, 6) is 0. The van der Waals surface area contributed by atoms with E-state index in [1.807, 2.05) is 21.6 Å². The molecule has 0 aromatic rings. The fraction of sp³-hybridized carbons (Fsp3) is 0.900. The molecule has 0 aliphatic carbocycles. The standard InChI is InChI=1S/C10H20N4S2/c1-12(2)9-11-10(16-15-9)14-6-4-5-13(3)7-8-14/h9H,4-8H2,1-3H3/p+1. The van der Waals surface area contributed by atoms with Crippen LogP contribution >= 0.6 is 21.6 Å². The van der Waals surface area contributed by atoms with Crippen LogP contribution in [0.25, 0.3) is 0 Å². The Labute approximate surface area is 106 Å². The molecular weight excluding hydrogens is 240 g/mol. The van der Waals surface area contributed by atoms with E-state index in [1.54, 1.807) is 0 Å². The largest absolute Gasteiger partial charge is 0.319 e. The number of nitrogens with zero attached hydrogens (tertiary/aromatic N) is 3. The maximum atomic E-state index is 3.58. The molecule has 0 radical (unpaired) electrons. The lowest BCUT2D eigenvalue weighted by molar-refractivity contribution is -0.523. The number of hydrogen-bond acceptors (Lipinski definition) is 4. The smallest absolute Gasteiger partial charge is 0.302 e. The van der Waals surface area contributed by atoms with Gasteiger partial charge in [0.25, 0.3) is 0 Å². The molecule has 0 saturated carbocycles. The van der Waals surface area contributed by atoms with Crippen molar-refractivity contribution < 1.29 is 4.58 Å². The third kappa shape index (κ3) is 3.06. The van der Waals surface area contributed by atoms with Gasteiger partial charge in [-0.3, -0.25) is 9.48 Å². The second-order valence-corrected chi connectivity index (χ2v) is 6.86. The van der Waals surface area contributed by atoms with Crippen LogP contribution < -0.4 is 5.32 Å². The summed E-state index contributed by atoms with van der Waals surface area (Å²) in [6, 6.07) is 0. The highest BCUT2D eigenvalue weighted by molar-refractivity contribution is 8.83. The Balaban J connectivity index is 1.99. The normalized spacial score (nSPS) is 32.9. The molecule has 0 aromatic carbocycles. The molecule has 0 amide bonds. The van der Waals surface area contributed by atoms with Gasteiger partial charge in [-0.1, -0.05) is 0 Å². The van der Waals surface area contributed by atoms with Crippen LogP contribution in [0.5, 0.6) is 0 Å². The zero-order valence-electron chi connectivity index (χ0n) is 10.3. The molecule has 6 heteroatoms. The van der Waals surface area contributed by atoms with E-state index >= 15 is 0 Å². The highest BCUT2D eigenvalue weighted by atomic mass is 33.1. The highest BCUT2D eigenvalue weighted by Crippen LogP contribution is 2.33. The molecular formula is C10H21N4S2+. The van der Waals surface area contributed by atoms with E-state index in [0.717, 1.165) is 6.54 Å². The molecule has 0 spiro atoms. The molecule has 2 saturated heterocycles. The van der Waals surface area contributed by atoms with Crippen LogP contribution in [0.1, 0.15) is 6.42 Å². The first kappa shape index (κ1) is 12.5. The number of likely N-dealkylation sites (N-methyl/N-ethyl adjacent to an activating group) is 1. The topological polar surface area (TPSA) is 21.5 Å². The fourth-order valence-electron chi connectivity index (χ4n) is 1.85. The van der Waals surface area contributed by atoms with Gasteiger partial charge in [-0.2, -0.15) is 0 Å². The van der Waals surface area contributed by atoms with E-state index in [-0.39, 0.29) is 0 Å². The van der Waals surface area contributed by atoms with Crippen LogP contribution in [0.3, 0.4) is 0 Å². The van der Waals surface area contributed by atoms with Crippen molar-refractivity contribution in [2.24, 2.45) is 0 Å². The maximum absolute atomic E-state index is 3.58. The second-order valence-electron chi connectivity index (χ2n) is 4.59. The van der Waals surface area contributed by atoms with Gasteiger partial charge in [0.1, 0.15) is 0 Å². The number of hydrogen-bond donors (Lipinski definition) is 1. The first-order valence-corrected chi connectivity index (χ1v) is 7.95. The molecule has 1 unspecified atom stereocenters. The lowest BCUT2D eigenvalue weighted by atomic mass is 10.4. The Morgan fingerprint density at radius 1 is 1.38 bits per heavy atom. The van der Waals surface area contributed by atoms with E-state index in [0.29, 0.717) is 5.50 Å². The molecule has 1 N–H and O–H groups in total. The van der Waals surface area contributed by atoms with E-state index in [9.17, 15) is 0 Å². The number of nitrogens with one attached hydrogen (secondary N) is 1. The summed E-state index contributed by atoms with van der Waals surface area (Å²) in [6.45, 7) is 4.72. The van der Waals surface area contributed by atoms with Crippen molar-refractivity contribution in [2.75, 3.05) is 47.3 Å². The van der Waals surface area contributed by atoms with Crippen LogP contribution in [0.4, 0.5) is 0 Å². The molecule has 16 heavy (non-hydrogen) atoms. The predicted octanol–water partition coefficient (Wildman–Crippen LogP) is 0.520. The summed E-state index contributed by atoms with van der Waals surface area (Å²) < 4.78 is 2.49. The van der Waals surface area contributed by atoms with Gasteiger partial charge in [0.05, 0.1) is 13.1 Å². The zero-order chi connectivity index (χ0) is 11.5. The van der Waals surface area contributed by atoms with Gasteiger partial charge in [-0.05, 0) is 38.4 Å². The van der Waals surface area contributed by atoms with Crippen molar-refractivity contribution in [3.8, 4) is 0 Å². The van der Waals surface area contributed by atoms with Crippen LogP contribution in [-0.4, -0.2) is 72.4 Å². The Kier molecular flexibility index (Phi) is 4.41. The first-order valence-electron chi connectivity index (χ1n) is 5.73. The number of rotatable bonds is 1. The molecule has 2 aliphatic heterocycles. The lowest BCUT2D eigenvalue weighted by Crippen LogP contribution is -2.40. The van der Waals surface area contributed by atoms with Crippen LogP contribution in [0, 0.1) is 0 Å². The molecule has 0 bridgehead atoms. The van der Waals surface area contributed by atoms with Crippen LogP contribution in [-0.2, 0) is 0 Å². The quantitative estimate of drug-likeness (QED) is 0.547. The third-order valence-corrected chi connectivity index (χ3v) is 5.60. The average molecular weight is 261 g/mol. The molecule has 2 rings (SSSR count). The van der Waals surface area contributed by atoms with Crippen molar-refractivity contribution >= 4 is 26.8 Å². The van der Waals surface area contributed by atoms with Crippen molar-refractivity contribution in [3.63, 3.8) is 0 Å². The van der Waals surface area contributed by atoms with Gasteiger partial charge < -0.3 is 4.90 Å². The Bertz CT molecular complexity index is 280. The zero-order valence-corrected chi connectivity index (χ0v) is 11.9. The van der Waals surface area contributed by atoms with E-state index in [4.69, 9.17) is 0 Å². The van der Waals surface area contributed by atoms with E-state index < -0.39 is 0 Å².